The molecule has 1 aromatic carbocycles. The van der Waals surface area contributed by atoms with Gasteiger partial charge in [-0.1, -0.05) is 30.4 Å². The Kier molecular flexibility index (Phi) is 6.49. The molecule has 0 spiro atoms. The lowest BCUT2D eigenvalue weighted by atomic mass is 10.2. The summed E-state index contributed by atoms with van der Waals surface area (Å²) in [5.41, 5.74) is 1.68. The third-order valence-corrected chi connectivity index (χ3v) is 2.80. The van der Waals surface area contributed by atoms with Gasteiger partial charge in [0.15, 0.2) is 0 Å². The van der Waals surface area contributed by atoms with Crippen LogP contribution in [0.4, 0.5) is 5.69 Å². The molecule has 1 amide bonds. The summed E-state index contributed by atoms with van der Waals surface area (Å²) in [6.07, 6.45) is 4.93. The number of nitrogens with zero attached hydrogens (tertiary/aromatic N) is 2. The van der Waals surface area contributed by atoms with E-state index in [4.69, 9.17) is 0 Å². The number of aryl methyl sites for hydroxylation is 1. The molecule has 0 fully saturated rings. The molecule has 0 radical (unpaired) electrons. The quantitative estimate of drug-likeness (QED) is 0.475. The van der Waals surface area contributed by atoms with Crippen LogP contribution in [0.2, 0.25) is 0 Å². The van der Waals surface area contributed by atoms with E-state index < -0.39 is 5.91 Å². The second kappa shape index (κ2) is 8.39. The van der Waals surface area contributed by atoms with Crippen molar-refractivity contribution in [3.05, 3.63) is 66.9 Å². The SMILES string of the molecule is C=CCN(/C=C(/C#N)C(=O)Nc1ccccc1C)CC=C. The molecule has 0 aliphatic heterocycles. The molecule has 1 rings (SSSR count). The van der Waals surface area contributed by atoms with Gasteiger partial charge in [0.2, 0.25) is 0 Å². The van der Waals surface area contributed by atoms with Crippen LogP contribution in [0.25, 0.3) is 0 Å². The number of hydrogen-bond acceptors (Lipinski definition) is 3. The van der Waals surface area contributed by atoms with Crippen LogP contribution < -0.4 is 5.32 Å². The molecule has 0 aromatic heterocycles. The highest BCUT2D eigenvalue weighted by atomic mass is 16.1. The number of nitriles is 1. The summed E-state index contributed by atoms with van der Waals surface area (Å²) in [4.78, 5) is 13.9. The smallest absolute Gasteiger partial charge is 0.267 e. The summed E-state index contributed by atoms with van der Waals surface area (Å²) in [7, 11) is 0. The second-order valence-corrected chi connectivity index (χ2v) is 4.45. The van der Waals surface area contributed by atoms with Gasteiger partial charge in [0, 0.05) is 25.0 Å². The summed E-state index contributed by atoms with van der Waals surface area (Å²) in [6, 6.07) is 9.35. The van der Waals surface area contributed by atoms with Crippen molar-refractivity contribution in [2.45, 2.75) is 6.92 Å². The fourth-order valence-electron chi connectivity index (χ4n) is 1.74. The molecule has 21 heavy (non-hydrogen) atoms. The Morgan fingerprint density at radius 2 is 1.95 bits per heavy atom. The van der Waals surface area contributed by atoms with E-state index in [1.165, 1.54) is 6.20 Å². The molecule has 4 heteroatoms. The Hall–Kier alpha value is -2.80. The van der Waals surface area contributed by atoms with Crippen molar-refractivity contribution >= 4 is 11.6 Å². The van der Waals surface area contributed by atoms with Crippen molar-refractivity contribution in [1.82, 2.24) is 4.90 Å². The Balaban J connectivity index is 2.91. The van der Waals surface area contributed by atoms with Crippen molar-refractivity contribution in [3.63, 3.8) is 0 Å². The molecule has 0 saturated carbocycles. The Morgan fingerprint density at radius 3 is 2.48 bits per heavy atom. The van der Waals surface area contributed by atoms with Gasteiger partial charge in [-0.05, 0) is 18.6 Å². The molecule has 1 N–H and O–H groups in total. The lowest BCUT2D eigenvalue weighted by molar-refractivity contribution is -0.112. The summed E-state index contributed by atoms with van der Waals surface area (Å²) in [6.45, 7) is 10.3. The molecular formula is C17H19N3O. The van der Waals surface area contributed by atoms with Crippen LogP contribution >= 0.6 is 0 Å². The van der Waals surface area contributed by atoms with Gasteiger partial charge in [-0.15, -0.1) is 13.2 Å². The largest absolute Gasteiger partial charge is 0.369 e. The number of para-hydroxylation sites is 1. The van der Waals surface area contributed by atoms with Gasteiger partial charge >= 0.3 is 0 Å². The van der Waals surface area contributed by atoms with Gasteiger partial charge in [0.1, 0.15) is 11.6 Å². The predicted octanol–water partition coefficient (Wildman–Crippen LogP) is 3.02. The van der Waals surface area contributed by atoms with Crippen molar-refractivity contribution in [1.29, 1.82) is 5.26 Å². The van der Waals surface area contributed by atoms with Gasteiger partial charge in [0.25, 0.3) is 5.91 Å². The zero-order valence-corrected chi connectivity index (χ0v) is 12.2. The number of amides is 1. The molecule has 0 aliphatic carbocycles. The average Bonchev–Trinajstić information content (AvgIpc) is 2.47. The first-order valence-electron chi connectivity index (χ1n) is 6.57. The molecule has 0 unspecified atom stereocenters. The normalized spacial score (nSPS) is 10.4. The van der Waals surface area contributed by atoms with E-state index in [2.05, 4.69) is 18.5 Å². The van der Waals surface area contributed by atoms with Crippen molar-refractivity contribution in [3.8, 4) is 6.07 Å². The number of anilines is 1. The minimum Gasteiger partial charge on any atom is -0.369 e. The summed E-state index contributed by atoms with van der Waals surface area (Å²) < 4.78 is 0. The number of benzene rings is 1. The van der Waals surface area contributed by atoms with Crippen molar-refractivity contribution in [2.75, 3.05) is 18.4 Å². The third-order valence-electron chi connectivity index (χ3n) is 2.80. The summed E-state index contributed by atoms with van der Waals surface area (Å²) in [5.74, 6) is -0.426. The second-order valence-electron chi connectivity index (χ2n) is 4.45. The van der Waals surface area contributed by atoms with Crippen LogP contribution in [-0.4, -0.2) is 23.9 Å². The molecule has 0 bridgehead atoms. The number of carbonyl (C=O) groups is 1. The minimum atomic E-state index is -0.426. The maximum Gasteiger partial charge on any atom is 0.267 e. The minimum absolute atomic E-state index is 0.0435. The number of rotatable bonds is 7. The van der Waals surface area contributed by atoms with Gasteiger partial charge in [-0.2, -0.15) is 5.26 Å². The van der Waals surface area contributed by atoms with Crippen LogP contribution in [0.3, 0.4) is 0 Å². The highest BCUT2D eigenvalue weighted by Crippen LogP contribution is 2.14. The molecular weight excluding hydrogens is 262 g/mol. The molecule has 4 nitrogen and oxygen atoms in total. The topological polar surface area (TPSA) is 56.1 Å². The molecule has 0 atom stereocenters. The van der Waals surface area contributed by atoms with Gasteiger partial charge in [-0.25, -0.2) is 0 Å². The van der Waals surface area contributed by atoms with Crippen LogP contribution in [0, 0.1) is 18.3 Å². The van der Waals surface area contributed by atoms with E-state index >= 15 is 0 Å². The van der Waals surface area contributed by atoms with Gasteiger partial charge in [0.05, 0.1) is 0 Å². The average molecular weight is 281 g/mol. The van der Waals surface area contributed by atoms with E-state index in [1.807, 2.05) is 31.2 Å². The van der Waals surface area contributed by atoms with E-state index in [0.717, 1.165) is 5.56 Å². The van der Waals surface area contributed by atoms with Gasteiger partial charge in [-0.3, -0.25) is 4.79 Å². The molecule has 108 valence electrons. The van der Waals surface area contributed by atoms with Crippen molar-refractivity contribution < 1.29 is 4.79 Å². The molecule has 0 heterocycles. The van der Waals surface area contributed by atoms with Crippen LogP contribution in [-0.2, 0) is 4.79 Å². The van der Waals surface area contributed by atoms with Crippen LogP contribution in [0.15, 0.2) is 61.3 Å². The van der Waals surface area contributed by atoms with E-state index in [1.54, 1.807) is 23.1 Å². The molecule has 0 saturated heterocycles. The lowest BCUT2D eigenvalue weighted by Crippen LogP contribution is -2.21. The standard InChI is InChI=1S/C17H19N3O/c1-4-10-20(11-5-2)13-15(12-18)17(21)19-16-9-7-6-8-14(16)3/h4-9,13H,1-2,10-11H2,3H3,(H,19,21)/b15-13-. The first-order chi connectivity index (χ1) is 10.1. The predicted molar refractivity (Wildman–Crippen MR) is 85.5 cm³/mol. The summed E-state index contributed by atoms with van der Waals surface area (Å²) >= 11 is 0. The highest BCUT2D eigenvalue weighted by Gasteiger charge is 2.11. The Morgan fingerprint density at radius 1 is 1.33 bits per heavy atom. The first kappa shape index (κ1) is 16.3. The molecule has 1 aromatic rings. The van der Waals surface area contributed by atoms with Crippen molar-refractivity contribution in [2.24, 2.45) is 0 Å². The zero-order chi connectivity index (χ0) is 15.7. The Bertz CT molecular complexity index is 586. The number of nitrogens with one attached hydrogen (secondary N) is 1. The fourth-order valence-corrected chi connectivity index (χ4v) is 1.74. The number of carbonyl (C=O) groups excluding carboxylic acids is 1. The maximum absolute atomic E-state index is 12.2. The van der Waals surface area contributed by atoms with Crippen LogP contribution in [0.5, 0.6) is 0 Å². The first-order valence-corrected chi connectivity index (χ1v) is 6.57. The van der Waals surface area contributed by atoms with Gasteiger partial charge < -0.3 is 10.2 Å². The molecule has 0 aliphatic rings. The van der Waals surface area contributed by atoms with Crippen LogP contribution in [0.1, 0.15) is 5.56 Å². The maximum atomic E-state index is 12.2. The van der Waals surface area contributed by atoms with E-state index in [-0.39, 0.29) is 5.57 Å². The Labute approximate surface area is 125 Å². The zero-order valence-electron chi connectivity index (χ0n) is 12.2. The van der Waals surface area contributed by atoms with E-state index in [0.29, 0.717) is 18.8 Å². The third kappa shape index (κ3) is 5.00. The monoisotopic (exact) mass is 281 g/mol. The lowest BCUT2D eigenvalue weighted by Gasteiger charge is -2.16. The summed E-state index contributed by atoms with van der Waals surface area (Å²) in [5, 5.41) is 11.9. The van der Waals surface area contributed by atoms with E-state index in [9.17, 15) is 10.1 Å². The highest BCUT2D eigenvalue weighted by molar-refractivity contribution is 6.06. The number of hydrogen-bond donors (Lipinski definition) is 1. The fraction of sp³-hybridized carbons (Fsp3) is 0.176.